The van der Waals surface area contributed by atoms with Gasteiger partial charge in [0.25, 0.3) is 0 Å². The van der Waals surface area contributed by atoms with Crippen LogP contribution in [0.2, 0.25) is 0 Å². The van der Waals surface area contributed by atoms with Crippen molar-refractivity contribution in [2.24, 2.45) is 0 Å². The summed E-state index contributed by atoms with van der Waals surface area (Å²) in [5.74, 6) is -1.17. The maximum Gasteiger partial charge on any atom is 0.305 e. The number of hydrogen-bond donors (Lipinski definition) is 2. The number of carboxylic acids is 1. The monoisotopic (exact) mass is 298 g/mol. The van der Waals surface area contributed by atoms with Crippen molar-refractivity contribution in [3.63, 3.8) is 0 Å². The number of hydrogen-bond acceptors (Lipinski definition) is 3. The zero-order valence-corrected chi connectivity index (χ0v) is 12.3. The van der Waals surface area contributed by atoms with Gasteiger partial charge in [0.1, 0.15) is 0 Å². The molecule has 0 bridgehead atoms. The molecule has 0 unspecified atom stereocenters. The second kappa shape index (κ2) is 7.36. The Kier molecular flexibility index (Phi) is 5.25. The normalized spacial score (nSPS) is 11.7. The molecule has 5 nitrogen and oxygen atoms in total. The molecule has 0 saturated heterocycles. The smallest absolute Gasteiger partial charge is 0.305 e. The lowest BCUT2D eigenvalue weighted by molar-refractivity contribution is -0.137. The van der Waals surface area contributed by atoms with Gasteiger partial charge in [-0.25, -0.2) is 0 Å². The van der Waals surface area contributed by atoms with Crippen molar-refractivity contribution in [2.75, 3.05) is 0 Å². The molecule has 0 aliphatic rings. The Morgan fingerprint density at radius 2 is 1.91 bits per heavy atom. The summed E-state index contributed by atoms with van der Waals surface area (Å²) >= 11 is 0. The van der Waals surface area contributed by atoms with Crippen molar-refractivity contribution in [1.29, 1.82) is 0 Å². The lowest BCUT2D eigenvalue weighted by Crippen LogP contribution is -2.31. The first kappa shape index (κ1) is 15.7. The number of amides is 1. The van der Waals surface area contributed by atoms with Gasteiger partial charge in [-0.3, -0.25) is 14.6 Å². The molecule has 2 N–H and O–H groups in total. The second-order valence-electron chi connectivity index (χ2n) is 5.11. The number of aliphatic carboxylic acids is 1. The van der Waals surface area contributed by atoms with Crippen molar-refractivity contribution < 1.29 is 14.7 Å². The Morgan fingerprint density at radius 1 is 1.18 bits per heavy atom. The van der Waals surface area contributed by atoms with Gasteiger partial charge in [0.2, 0.25) is 5.91 Å². The minimum atomic E-state index is -0.953. The van der Waals surface area contributed by atoms with Crippen LogP contribution in [0.15, 0.2) is 48.7 Å². The van der Waals surface area contributed by atoms with Crippen molar-refractivity contribution in [3.8, 4) is 0 Å². The zero-order chi connectivity index (χ0) is 15.9. The highest BCUT2D eigenvalue weighted by atomic mass is 16.4. The number of nitrogens with zero attached hydrogens (tertiary/aromatic N) is 1. The second-order valence-corrected chi connectivity index (χ2v) is 5.11. The number of carboxylic acid groups (broad SMARTS) is 1. The predicted molar refractivity (Wildman–Crippen MR) is 82.3 cm³/mol. The van der Waals surface area contributed by atoms with Crippen LogP contribution in [0.4, 0.5) is 0 Å². The van der Waals surface area contributed by atoms with Gasteiger partial charge in [-0.15, -0.1) is 0 Å². The van der Waals surface area contributed by atoms with E-state index in [2.05, 4.69) is 10.3 Å². The van der Waals surface area contributed by atoms with Gasteiger partial charge < -0.3 is 10.4 Å². The van der Waals surface area contributed by atoms with Gasteiger partial charge in [0.15, 0.2) is 0 Å². The molecule has 114 valence electrons. The molecule has 2 aromatic rings. The van der Waals surface area contributed by atoms with Crippen LogP contribution in [0, 0.1) is 6.92 Å². The molecular formula is C17H18N2O3. The van der Waals surface area contributed by atoms with E-state index >= 15 is 0 Å². The van der Waals surface area contributed by atoms with Crippen LogP contribution in [-0.2, 0) is 16.0 Å². The minimum absolute atomic E-state index is 0.151. The van der Waals surface area contributed by atoms with Crippen LogP contribution in [0.3, 0.4) is 0 Å². The quantitative estimate of drug-likeness (QED) is 0.857. The van der Waals surface area contributed by atoms with Gasteiger partial charge in [0.05, 0.1) is 18.9 Å². The number of benzene rings is 1. The Labute approximate surface area is 129 Å². The molecule has 5 heteroatoms. The van der Waals surface area contributed by atoms with Gasteiger partial charge in [-0.2, -0.15) is 0 Å². The average molecular weight is 298 g/mol. The van der Waals surface area contributed by atoms with Gasteiger partial charge in [0, 0.05) is 11.9 Å². The highest BCUT2D eigenvalue weighted by Crippen LogP contribution is 2.16. The molecule has 22 heavy (non-hydrogen) atoms. The predicted octanol–water partition coefficient (Wildman–Crippen LogP) is 2.26. The third kappa shape index (κ3) is 4.70. The molecule has 0 saturated carbocycles. The van der Waals surface area contributed by atoms with E-state index in [4.69, 9.17) is 5.11 Å². The molecule has 1 atom stereocenters. The van der Waals surface area contributed by atoms with E-state index in [-0.39, 0.29) is 18.7 Å². The number of nitrogens with one attached hydrogen (secondary N) is 1. The summed E-state index contributed by atoms with van der Waals surface area (Å²) < 4.78 is 0. The molecule has 0 spiro atoms. The highest BCUT2D eigenvalue weighted by molar-refractivity contribution is 5.79. The molecule has 0 aliphatic heterocycles. The molecular weight excluding hydrogens is 280 g/mol. The molecule has 0 fully saturated rings. The summed E-state index contributed by atoms with van der Waals surface area (Å²) in [5.41, 5.74) is 2.46. The Hall–Kier alpha value is -2.69. The van der Waals surface area contributed by atoms with Gasteiger partial charge in [-0.05, 0) is 24.1 Å². The van der Waals surface area contributed by atoms with Crippen LogP contribution in [0.1, 0.15) is 29.3 Å². The Balaban J connectivity index is 2.04. The third-order valence-corrected chi connectivity index (χ3v) is 3.25. The third-order valence-electron chi connectivity index (χ3n) is 3.25. The summed E-state index contributed by atoms with van der Waals surface area (Å²) in [5, 5.41) is 11.8. The first-order valence-electron chi connectivity index (χ1n) is 7.02. The summed E-state index contributed by atoms with van der Waals surface area (Å²) in [4.78, 5) is 27.3. The molecule has 1 amide bonds. The van der Waals surface area contributed by atoms with E-state index in [0.29, 0.717) is 0 Å². The topological polar surface area (TPSA) is 79.3 Å². The molecule has 1 aromatic carbocycles. The summed E-state index contributed by atoms with van der Waals surface area (Å²) in [6, 6.07) is 12.2. The minimum Gasteiger partial charge on any atom is -0.481 e. The van der Waals surface area contributed by atoms with Crippen molar-refractivity contribution >= 4 is 11.9 Å². The summed E-state index contributed by atoms with van der Waals surface area (Å²) in [6.45, 7) is 1.88. The fourth-order valence-electron chi connectivity index (χ4n) is 2.15. The highest BCUT2D eigenvalue weighted by Gasteiger charge is 2.18. The van der Waals surface area contributed by atoms with Crippen LogP contribution in [-0.4, -0.2) is 22.0 Å². The fraction of sp³-hybridized carbons (Fsp3) is 0.235. The lowest BCUT2D eigenvalue weighted by Gasteiger charge is -2.17. The number of aromatic nitrogens is 1. The number of carbonyl (C=O) groups excluding carboxylic acids is 1. The zero-order valence-electron chi connectivity index (χ0n) is 12.3. The van der Waals surface area contributed by atoms with E-state index in [9.17, 15) is 9.59 Å². The van der Waals surface area contributed by atoms with Gasteiger partial charge >= 0.3 is 5.97 Å². The SMILES string of the molecule is Cc1ccc(CC(=O)N[C@H](CC(=O)O)c2ccccc2)cn1. The van der Waals surface area contributed by atoms with Crippen LogP contribution in [0.5, 0.6) is 0 Å². The Morgan fingerprint density at radius 3 is 2.50 bits per heavy atom. The van der Waals surface area contributed by atoms with Crippen molar-refractivity contribution in [3.05, 3.63) is 65.5 Å². The molecule has 2 rings (SSSR count). The van der Waals surface area contributed by atoms with Crippen LogP contribution in [0.25, 0.3) is 0 Å². The van der Waals surface area contributed by atoms with Crippen molar-refractivity contribution in [1.82, 2.24) is 10.3 Å². The maximum absolute atomic E-state index is 12.1. The first-order chi connectivity index (χ1) is 10.5. The summed E-state index contributed by atoms with van der Waals surface area (Å²) in [7, 11) is 0. The van der Waals surface area contributed by atoms with E-state index in [1.165, 1.54) is 0 Å². The van der Waals surface area contributed by atoms with Crippen molar-refractivity contribution in [2.45, 2.75) is 25.8 Å². The Bertz CT molecular complexity index is 639. The fourth-order valence-corrected chi connectivity index (χ4v) is 2.15. The van der Waals surface area contributed by atoms with Gasteiger partial charge in [-0.1, -0.05) is 36.4 Å². The summed E-state index contributed by atoms with van der Waals surface area (Å²) in [6.07, 6.45) is 1.68. The van der Waals surface area contributed by atoms with E-state index in [1.807, 2.05) is 37.3 Å². The van der Waals surface area contributed by atoms with E-state index < -0.39 is 12.0 Å². The maximum atomic E-state index is 12.1. The van der Waals surface area contributed by atoms with Crippen LogP contribution < -0.4 is 5.32 Å². The largest absolute Gasteiger partial charge is 0.481 e. The van der Waals surface area contributed by atoms with E-state index in [1.54, 1.807) is 18.3 Å². The number of rotatable bonds is 6. The number of pyridine rings is 1. The standard InChI is InChI=1S/C17H18N2O3/c1-12-7-8-13(11-18-12)9-16(20)19-15(10-17(21)22)14-5-3-2-4-6-14/h2-8,11,15H,9-10H2,1H3,(H,19,20)(H,21,22)/t15-/m1/s1. The molecule has 0 aliphatic carbocycles. The molecule has 1 heterocycles. The van der Waals surface area contributed by atoms with Crippen LogP contribution >= 0.6 is 0 Å². The van der Waals surface area contributed by atoms with E-state index in [0.717, 1.165) is 16.8 Å². The average Bonchev–Trinajstić information content (AvgIpc) is 2.49. The molecule has 1 aromatic heterocycles. The number of carbonyl (C=O) groups is 2. The molecule has 0 radical (unpaired) electrons. The first-order valence-corrected chi connectivity index (χ1v) is 7.02. The number of aryl methyl sites for hydroxylation is 1. The lowest BCUT2D eigenvalue weighted by atomic mass is 10.0.